The summed E-state index contributed by atoms with van der Waals surface area (Å²) in [5.41, 5.74) is 6.93. The number of carbonyl (C=O) groups excluding carboxylic acids is 1. The molecule has 8 heteroatoms. The highest BCUT2D eigenvalue weighted by atomic mass is 19.1. The van der Waals surface area contributed by atoms with Crippen molar-refractivity contribution in [2.75, 3.05) is 6.61 Å². The van der Waals surface area contributed by atoms with Gasteiger partial charge in [0.1, 0.15) is 11.6 Å². The van der Waals surface area contributed by atoms with Gasteiger partial charge < -0.3 is 19.5 Å². The van der Waals surface area contributed by atoms with Crippen LogP contribution in [0.4, 0.5) is 4.39 Å². The summed E-state index contributed by atoms with van der Waals surface area (Å²) in [7, 11) is 0. The Labute approximate surface area is 243 Å². The fourth-order valence-electron chi connectivity index (χ4n) is 6.33. The smallest absolute Gasteiger partial charge is 0.337 e. The van der Waals surface area contributed by atoms with Gasteiger partial charge in [0.15, 0.2) is 6.10 Å². The van der Waals surface area contributed by atoms with E-state index in [0.717, 1.165) is 62.0 Å². The van der Waals surface area contributed by atoms with Crippen molar-refractivity contribution >= 4 is 22.8 Å². The molecule has 0 aliphatic carbocycles. The van der Waals surface area contributed by atoms with E-state index in [2.05, 4.69) is 0 Å². The molecule has 0 bridgehead atoms. The maximum Gasteiger partial charge on any atom is 0.337 e. The van der Waals surface area contributed by atoms with Crippen LogP contribution in [-0.2, 0) is 29.0 Å². The maximum atomic E-state index is 14.0. The molecule has 1 amide bonds. The third-order valence-electron chi connectivity index (χ3n) is 8.17. The van der Waals surface area contributed by atoms with Crippen LogP contribution >= 0.6 is 0 Å². The molecule has 0 saturated heterocycles. The summed E-state index contributed by atoms with van der Waals surface area (Å²) in [6.45, 7) is 10.6. The fourth-order valence-corrected chi connectivity index (χ4v) is 6.33. The number of fused-ring (bicyclic) bond motifs is 1. The van der Waals surface area contributed by atoms with Crippen LogP contribution in [0.2, 0.25) is 0 Å². The highest BCUT2D eigenvalue weighted by Gasteiger charge is 2.37. The zero-order valence-corrected chi connectivity index (χ0v) is 24.4. The van der Waals surface area contributed by atoms with E-state index >= 15 is 0 Å². The normalized spacial score (nSPS) is 15.0. The van der Waals surface area contributed by atoms with E-state index in [1.807, 2.05) is 52.8 Å². The lowest BCUT2D eigenvalue weighted by Gasteiger charge is -2.30. The van der Waals surface area contributed by atoms with Gasteiger partial charge in [0, 0.05) is 47.8 Å². The number of carbonyl (C=O) groups is 2. The first-order chi connectivity index (χ1) is 19.9. The molecule has 3 heterocycles. The Morgan fingerprint density at radius 1 is 1.07 bits per heavy atom. The van der Waals surface area contributed by atoms with Crippen LogP contribution in [0.5, 0.6) is 5.75 Å². The molecule has 0 radical (unpaired) electrons. The lowest BCUT2D eigenvalue weighted by Crippen LogP contribution is -2.28. The van der Waals surface area contributed by atoms with E-state index < -0.39 is 23.5 Å². The Hall–Kier alpha value is -4.30. The van der Waals surface area contributed by atoms with Crippen molar-refractivity contribution in [2.45, 2.75) is 65.8 Å². The topological polar surface area (TPSA) is 89.0 Å². The second kappa shape index (κ2) is 10.2. The first-order valence-electron chi connectivity index (χ1n) is 14.1. The summed E-state index contributed by atoms with van der Waals surface area (Å²) in [4.78, 5) is 32.8. The van der Waals surface area contributed by atoms with Gasteiger partial charge >= 0.3 is 5.97 Å². The minimum absolute atomic E-state index is 0.269. The average Bonchev–Trinajstić information content (AvgIpc) is 3.40. The van der Waals surface area contributed by atoms with E-state index in [1.54, 1.807) is 17.2 Å². The second-order valence-corrected chi connectivity index (χ2v) is 12.0. The number of aromatic nitrogens is 1. The summed E-state index contributed by atoms with van der Waals surface area (Å²) >= 11 is 0. The number of nitrogens with zero attached hydrogens (tertiary/aromatic N) is 2. The van der Waals surface area contributed by atoms with Gasteiger partial charge in [-0.3, -0.25) is 9.78 Å². The van der Waals surface area contributed by atoms with E-state index in [9.17, 15) is 19.1 Å². The predicted octanol–water partition coefficient (Wildman–Crippen LogP) is 6.69. The Morgan fingerprint density at radius 3 is 2.50 bits per heavy atom. The van der Waals surface area contributed by atoms with Crippen LogP contribution in [0.3, 0.4) is 0 Å². The highest BCUT2D eigenvalue weighted by molar-refractivity contribution is 6.02. The van der Waals surface area contributed by atoms with Crippen LogP contribution in [0.25, 0.3) is 22.0 Å². The Balaban J connectivity index is 1.59. The Bertz CT molecular complexity index is 1760. The minimum atomic E-state index is -1.26. The van der Waals surface area contributed by atoms with Crippen molar-refractivity contribution in [1.82, 2.24) is 9.88 Å². The zero-order chi connectivity index (χ0) is 29.9. The predicted molar refractivity (Wildman–Crippen MR) is 157 cm³/mol. The number of benzene rings is 3. The summed E-state index contributed by atoms with van der Waals surface area (Å²) < 4.78 is 26.1. The third-order valence-corrected chi connectivity index (χ3v) is 8.17. The molecule has 2 aliphatic heterocycles. The van der Waals surface area contributed by atoms with Crippen LogP contribution in [0.1, 0.15) is 70.6 Å². The zero-order valence-electron chi connectivity index (χ0n) is 24.4. The van der Waals surface area contributed by atoms with Gasteiger partial charge in [-0.05, 0) is 104 Å². The largest absolute Gasteiger partial charge is 0.493 e. The number of hydrogen-bond acceptors (Lipinski definition) is 5. The summed E-state index contributed by atoms with van der Waals surface area (Å²) in [6.07, 6.45) is 1.27. The Kier molecular flexibility index (Phi) is 6.77. The van der Waals surface area contributed by atoms with Gasteiger partial charge in [-0.1, -0.05) is 6.07 Å². The van der Waals surface area contributed by atoms with Crippen molar-refractivity contribution in [2.24, 2.45) is 0 Å². The van der Waals surface area contributed by atoms with E-state index in [-0.39, 0.29) is 18.0 Å². The van der Waals surface area contributed by atoms with Gasteiger partial charge in [-0.25, -0.2) is 9.18 Å². The lowest BCUT2D eigenvalue weighted by atomic mass is 9.82. The molecule has 1 atom stereocenters. The van der Waals surface area contributed by atoms with Gasteiger partial charge in [-0.2, -0.15) is 0 Å². The molecule has 7 nitrogen and oxygen atoms in total. The number of hydrogen-bond donors (Lipinski definition) is 1. The SMILES string of the molecule is Cc1c2c(c(C)c([C@H](OC(C)(C)C)C(=O)O)c1-c1ccc3c4c(ccnc14)CCO3)CN(C(=O)c1cccc(F)c1)C2. The number of carboxylic acids is 1. The molecule has 0 fully saturated rings. The summed E-state index contributed by atoms with van der Waals surface area (Å²) in [6, 6.07) is 11.5. The first-order valence-corrected chi connectivity index (χ1v) is 14.1. The molecular formula is C34H33FN2O5. The molecule has 4 aromatic rings. The number of rotatable bonds is 5. The van der Waals surface area contributed by atoms with E-state index in [1.165, 1.54) is 18.2 Å². The molecule has 216 valence electrons. The second-order valence-electron chi connectivity index (χ2n) is 12.0. The molecule has 1 N–H and O–H groups in total. The van der Waals surface area contributed by atoms with Crippen molar-refractivity contribution in [3.8, 4) is 16.9 Å². The van der Waals surface area contributed by atoms with Crippen molar-refractivity contribution in [3.63, 3.8) is 0 Å². The number of aliphatic carboxylic acids is 1. The quantitative estimate of drug-likeness (QED) is 0.289. The summed E-state index contributed by atoms with van der Waals surface area (Å²) in [5.74, 6) is -1.10. The number of ether oxygens (including phenoxy) is 2. The van der Waals surface area contributed by atoms with Crippen LogP contribution in [-0.4, -0.2) is 39.1 Å². The van der Waals surface area contributed by atoms with Gasteiger partial charge in [-0.15, -0.1) is 0 Å². The lowest BCUT2D eigenvalue weighted by molar-refractivity contribution is -0.160. The van der Waals surface area contributed by atoms with Crippen molar-refractivity contribution < 1.29 is 28.6 Å². The molecule has 0 spiro atoms. The monoisotopic (exact) mass is 568 g/mol. The molecule has 0 unspecified atom stereocenters. The van der Waals surface area contributed by atoms with Crippen LogP contribution < -0.4 is 4.74 Å². The Morgan fingerprint density at radius 2 is 1.81 bits per heavy atom. The van der Waals surface area contributed by atoms with Crippen LogP contribution in [0, 0.1) is 19.7 Å². The van der Waals surface area contributed by atoms with Gasteiger partial charge in [0.2, 0.25) is 0 Å². The molecule has 3 aromatic carbocycles. The number of halogens is 1. The highest BCUT2D eigenvalue weighted by Crippen LogP contribution is 2.47. The molecule has 6 rings (SSSR count). The first kappa shape index (κ1) is 27.8. The van der Waals surface area contributed by atoms with E-state index in [4.69, 9.17) is 14.5 Å². The summed E-state index contributed by atoms with van der Waals surface area (Å²) in [5, 5.41) is 11.5. The number of pyridine rings is 1. The minimum Gasteiger partial charge on any atom is -0.493 e. The van der Waals surface area contributed by atoms with Crippen molar-refractivity contribution in [3.05, 3.63) is 93.4 Å². The molecule has 1 aromatic heterocycles. The van der Waals surface area contributed by atoms with Gasteiger partial charge in [0.25, 0.3) is 5.91 Å². The standard InChI is InChI=1S/C34H33FN2O5/c1-18-24-16-37(32(38)21-7-6-8-22(35)15-21)17-25(24)19(2)28(31(33(39)40)42-34(3,4)5)27(18)23-9-10-26-29-20(12-14-41-26)11-13-36-30(23)29/h6-11,13,15,31H,12,14,16-17H2,1-5H3,(H,39,40)/t31-/m0/s1. The maximum absolute atomic E-state index is 14.0. The fraction of sp³-hybridized carbons (Fsp3) is 0.324. The molecule has 42 heavy (non-hydrogen) atoms. The van der Waals surface area contributed by atoms with Crippen molar-refractivity contribution in [1.29, 1.82) is 0 Å². The number of amides is 1. The van der Waals surface area contributed by atoms with Crippen LogP contribution in [0.15, 0.2) is 48.7 Å². The molecular weight excluding hydrogens is 535 g/mol. The molecule has 2 aliphatic rings. The molecule has 0 saturated carbocycles. The van der Waals surface area contributed by atoms with Gasteiger partial charge in [0.05, 0.1) is 17.7 Å². The average molecular weight is 569 g/mol. The number of carboxylic acid groups (broad SMARTS) is 1. The third kappa shape index (κ3) is 4.69. The van der Waals surface area contributed by atoms with E-state index in [0.29, 0.717) is 18.7 Å².